The van der Waals surface area contributed by atoms with Crippen LogP contribution in [0.1, 0.15) is 40.5 Å². The molecule has 4 nitrogen and oxygen atoms in total. The number of rotatable bonds is 2. The molecule has 0 bridgehead atoms. The number of nitrogens with zero attached hydrogens (tertiary/aromatic N) is 1. The molecule has 0 aromatic heterocycles. The molecule has 1 saturated carbocycles. The van der Waals surface area contributed by atoms with Gasteiger partial charge in [0.1, 0.15) is 6.04 Å². The minimum absolute atomic E-state index is 0.0771. The zero-order valence-corrected chi connectivity index (χ0v) is 11.1. The van der Waals surface area contributed by atoms with Gasteiger partial charge in [-0.3, -0.25) is 9.59 Å². The zero-order valence-electron chi connectivity index (χ0n) is 11.1. The van der Waals surface area contributed by atoms with E-state index in [9.17, 15) is 9.59 Å². The predicted octanol–water partition coefficient (Wildman–Crippen LogP) is 1.14. The van der Waals surface area contributed by atoms with E-state index in [-0.39, 0.29) is 35.2 Å². The molecule has 2 aliphatic rings. The van der Waals surface area contributed by atoms with Gasteiger partial charge in [0.15, 0.2) is 0 Å². The van der Waals surface area contributed by atoms with Crippen molar-refractivity contribution in [2.45, 2.75) is 52.6 Å². The minimum atomic E-state index is -0.365. The average Bonchev–Trinajstić information content (AvgIpc) is 2.86. The van der Waals surface area contributed by atoms with Crippen molar-refractivity contribution in [2.75, 3.05) is 0 Å². The zero-order chi connectivity index (χ0) is 13.0. The molecule has 96 valence electrons. The van der Waals surface area contributed by atoms with Crippen LogP contribution in [0.2, 0.25) is 0 Å². The highest BCUT2D eigenvalue weighted by atomic mass is 16.2. The van der Waals surface area contributed by atoms with Crippen LogP contribution in [0.5, 0.6) is 0 Å². The fraction of sp³-hybridized carbons (Fsp3) is 0.846. The Morgan fingerprint density at radius 2 is 1.88 bits per heavy atom. The summed E-state index contributed by atoms with van der Waals surface area (Å²) >= 11 is 0. The van der Waals surface area contributed by atoms with Crippen LogP contribution in [-0.4, -0.2) is 28.8 Å². The van der Waals surface area contributed by atoms with Gasteiger partial charge in [0, 0.05) is 12.0 Å². The average molecular weight is 238 g/mol. The number of primary amides is 1. The highest BCUT2D eigenvalue weighted by Gasteiger charge is 2.56. The van der Waals surface area contributed by atoms with Crippen molar-refractivity contribution in [3.05, 3.63) is 0 Å². The van der Waals surface area contributed by atoms with Crippen LogP contribution >= 0.6 is 0 Å². The maximum Gasteiger partial charge on any atom is 0.240 e. The van der Waals surface area contributed by atoms with Gasteiger partial charge in [0.2, 0.25) is 11.8 Å². The normalized spacial score (nSPS) is 33.2. The molecule has 4 atom stereocenters. The third-order valence-electron chi connectivity index (χ3n) is 4.36. The van der Waals surface area contributed by atoms with E-state index in [1.54, 1.807) is 4.90 Å². The van der Waals surface area contributed by atoms with E-state index >= 15 is 0 Å². The Labute approximate surface area is 103 Å². The van der Waals surface area contributed by atoms with Crippen LogP contribution in [0.4, 0.5) is 0 Å². The molecule has 2 amide bonds. The summed E-state index contributed by atoms with van der Waals surface area (Å²) in [5.74, 6) is 0.172. The van der Waals surface area contributed by atoms with E-state index in [0.717, 1.165) is 12.8 Å². The van der Waals surface area contributed by atoms with E-state index in [1.165, 1.54) is 0 Å². The fourth-order valence-corrected chi connectivity index (χ4v) is 2.62. The van der Waals surface area contributed by atoms with E-state index in [0.29, 0.717) is 5.92 Å². The maximum atomic E-state index is 12.5. The number of hydrogen-bond acceptors (Lipinski definition) is 2. The van der Waals surface area contributed by atoms with Crippen molar-refractivity contribution in [3.63, 3.8) is 0 Å². The first kappa shape index (κ1) is 12.4. The molecule has 2 N–H and O–H groups in total. The van der Waals surface area contributed by atoms with Gasteiger partial charge in [-0.25, -0.2) is 0 Å². The van der Waals surface area contributed by atoms with Crippen molar-refractivity contribution < 1.29 is 9.59 Å². The smallest absolute Gasteiger partial charge is 0.240 e. The number of carbonyl (C=O) groups is 2. The lowest BCUT2D eigenvalue weighted by atomic mass is 9.81. The van der Waals surface area contributed by atoms with E-state index < -0.39 is 0 Å². The lowest BCUT2D eigenvalue weighted by Gasteiger charge is -2.33. The van der Waals surface area contributed by atoms with Gasteiger partial charge in [-0.05, 0) is 24.2 Å². The molecule has 1 aliphatic carbocycles. The highest BCUT2D eigenvalue weighted by Crippen LogP contribution is 2.49. The lowest BCUT2D eigenvalue weighted by Crippen LogP contribution is -2.49. The fourth-order valence-electron chi connectivity index (χ4n) is 2.62. The van der Waals surface area contributed by atoms with Crippen molar-refractivity contribution in [2.24, 2.45) is 23.0 Å². The van der Waals surface area contributed by atoms with Crippen molar-refractivity contribution in [3.8, 4) is 0 Å². The SMILES string of the molecule is CC(C(=O)N1C(C(N)=O)CC2CC21)C(C)(C)C. The molecule has 0 spiro atoms. The molecule has 0 aromatic rings. The Hall–Kier alpha value is -1.06. The number of amides is 2. The molecule has 1 heterocycles. The third-order valence-corrected chi connectivity index (χ3v) is 4.36. The number of piperidine rings is 1. The minimum Gasteiger partial charge on any atom is -0.368 e. The lowest BCUT2D eigenvalue weighted by molar-refractivity contribution is -0.144. The molecule has 17 heavy (non-hydrogen) atoms. The van der Waals surface area contributed by atoms with E-state index in [1.807, 2.05) is 6.92 Å². The van der Waals surface area contributed by atoms with Crippen molar-refractivity contribution in [1.29, 1.82) is 0 Å². The monoisotopic (exact) mass is 238 g/mol. The largest absolute Gasteiger partial charge is 0.368 e. The van der Waals surface area contributed by atoms with Crippen molar-refractivity contribution >= 4 is 11.8 Å². The quantitative estimate of drug-likeness (QED) is 0.784. The molecule has 1 saturated heterocycles. The summed E-state index contributed by atoms with van der Waals surface area (Å²) in [4.78, 5) is 25.6. The van der Waals surface area contributed by atoms with Gasteiger partial charge in [0.05, 0.1) is 0 Å². The number of likely N-dealkylation sites (tertiary alicyclic amines) is 1. The van der Waals surface area contributed by atoms with Crippen LogP contribution in [0.3, 0.4) is 0 Å². The maximum absolute atomic E-state index is 12.5. The molecule has 4 heteroatoms. The first-order valence-electron chi connectivity index (χ1n) is 6.35. The van der Waals surface area contributed by atoms with Gasteiger partial charge in [-0.15, -0.1) is 0 Å². The molecule has 2 fully saturated rings. The highest BCUT2D eigenvalue weighted by molar-refractivity contribution is 5.89. The molecule has 0 radical (unpaired) electrons. The van der Waals surface area contributed by atoms with Gasteiger partial charge in [0.25, 0.3) is 0 Å². The molecule has 2 rings (SSSR count). The van der Waals surface area contributed by atoms with Gasteiger partial charge >= 0.3 is 0 Å². The Kier molecular flexibility index (Phi) is 2.71. The summed E-state index contributed by atoms with van der Waals surface area (Å²) in [6.07, 6.45) is 1.81. The molecular weight excluding hydrogens is 216 g/mol. The van der Waals surface area contributed by atoms with Crippen LogP contribution in [0.15, 0.2) is 0 Å². The number of fused-ring (bicyclic) bond motifs is 1. The first-order chi connectivity index (χ1) is 7.73. The van der Waals surface area contributed by atoms with Crippen molar-refractivity contribution in [1.82, 2.24) is 4.90 Å². The number of hydrogen-bond donors (Lipinski definition) is 1. The Bertz CT molecular complexity index is 359. The number of nitrogens with two attached hydrogens (primary N) is 1. The predicted molar refractivity (Wildman–Crippen MR) is 65.0 cm³/mol. The molecule has 4 unspecified atom stereocenters. The summed E-state index contributed by atoms with van der Waals surface area (Å²) in [5.41, 5.74) is 5.31. The molecule has 0 aromatic carbocycles. The third kappa shape index (κ3) is 2.05. The van der Waals surface area contributed by atoms with E-state index in [2.05, 4.69) is 20.8 Å². The van der Waals surface area contributed by atoms with Gasteiger partial charge in [-0.2, -0.15) is 0 Å². The second kappa shape index (κ2) is 3.72. The topological polar surface area (TPSA) is 63.4 Å². The molecular formula is C13H22N2O2. The standard InChI is InChI=1S/C13H22N2O2/c1-7(13(2,3)4)12(17)15-9-5-8(9)6-10(15)11(14)16/h7-10H,5-6H2,1-4H3,(H2,14,16). The summed E-state index contributed by atoms with van der Waals surface area (Å²) in [6.45, 7) is 8.09. The first-order valence-corrected chi connectivity index (χ1v) is 6.35. The summed E-state index contributed by atoms with van der Waals surface area (Å²) in [5, 5.41) is 0. The van der Waals surface area contributed by atoms with E-state index in [4.69, 9.17) is 5.73 Å². The van der Waals surface area contributed by atoms with Crippen LogP contribution in [0.25, 0.3) is 0 Å². The Morgan fingerprint density at radius 1 is 1.29 bits per heavy atom. The van der Waals surface area contributed by atoms with Gasteiger partial charge in [-0.1, -0.05) is 27.7 Å². The second-order valence-corrected chi connectivity index (χ2v) is 6.55. The van der Waals surface area contributed by atoms with Gasteiger partial charge < -0.3 is 10.6 Å². The summed E-state index contributed by atoms with van der Waals surface area (Å²) in [7, 11) is 0. The number of carbonyl (C=O) groups excluding carboxylic acids is 2. The summed E-state index contributed by atoms with van der Waals surface area (Å²) < 4.78 is 0. The van der Waals surface area contributed by atoms with Crippen LogP contribution in [-0.2, 0) is 9.59 Å². The van der Waals surface area contributed by atoms with Crippen LogP contribution < -0.4 is 5.73 Å². The van der Waals surface area contributed by atoms with Crippen LogP contribution in [0, 0.1) is 17.3 Å². The molecule has 1 aliphatic heterocycles. The summed E-state index contributed by atoms with van der Waals surface area (Å²) in [6, 6.07) is -0.0825. The second-order valence-electron chi connectivity index (χ2n) is 6.55. The Morgan fingerprint density at radius 3 is 2.35 bits per heavy atom. The Balaban J connectivity index is 2.15.